The second kappa shape index (κ2) is 5.08. The molecule has 2 N–H and O–H groups in total. The maximum atomic E-state index is 14.3. The molecular weight excluding hydrogens is 209 g/mol. The van der Waals surface area contributed by atoms with Gasteiger partial charge < -0.3 is 5.73 Å². The van der Waals surface area contributed by atoms with Gasteiger partial charge in [0.05, 0.1) is 0 Å². The van der Waals surface area contributed by atoms with Crippen molar-refractivity contribution in [2.45, 2.75) is 39.3 Å². The molecule has 0 saturated carbocycles. The second-order valence-electron chi connectivity index (χ2n) is 4.29. The van der Waals surface area contributed by atoms with Crippen LogP contribution in [0.25, 0.3) is 0 Å². The van der Waals surface area contributed by atoms with Gasteiger partial charge in [-0.15, -0.1) is 11.3 Å². The minimum atomic E-state index is -1.25. The lowest BCUT2D eigenvalue weighted by atomic mass is 9.88. The van der Waals surface area contributed by atoms with Crippen molar-refractivity contribution in [1.29, 1.82) is 0 Å². The Hall–Kier alpha value is -0.410. The highest BCUT2D eigenvalue weighted by Gasteiger charge is 2.32. The lowest BCUT2D eigenvalue weighted by molar-refractivity contribution is 0.111. The van der Waals surface area contributed by atoms with Crippen molar-refractivity contribution < 1.29 is 4.39 Å². The molecule has 0 aromatic carbocycles. The van der Waals surface area contributed by atoms with Crippen LogP contribution in [0.5, 0.6) is 0 Å². The first-order chi connectivity index (χ1) is 7.01. The number of halogens is 1. The quantitative estimate of drug-likeness (QED) is 0.824. The van der Waals surface area contributed by atoms with Gasteiger partial charge in [0.15, 0.2) is 0 Å². The van der Waals surface area contributed by atoms with Gasteiger partial charge in [0.1, 0.15) is 5.67 Å². The van der Waals surface area contributed by atoms with Crippen LogP contribution in [0.3, 0.4) is 0 Å². The summed E-state index contributed by atoms with van der Waals surface area (Å²) in [6, 6.07) is 4.10. The van der Waals surface area contributed by atoms with Crippen LogP contribution in [0.15, 0.2) is 12.1 Å². The molecule has 1 atom stereocenters. The van der Waals surface area contributed by atoms with E-state index < -0.39 is 5.67 Å². The molecule has 1 heterocycles. The van der Waals surface area contributed by atoms with Crippen LogP contribution in [0.4, 0.5) is 4.39 Å². The smallest absolute Gasteiger partial charge is 0.130 e. The molecule has 3 heteroatoms. The fraction of sp³-hybridized carbons (Fsp3) is 0.667. The number of rotatable bonds is 5. The summed E-state index contributed by atoms with van der Waals surface area (Å²) >= 11 is 1.70. The Labute approximate surface area is 95.5 Å². The fourth-order valence-electron chi connectivity index (χ4n) is 1.51. The van der Waals surface area contributed by atoms with Crippen LogP contribution < -0.4 is 5.73 Å². The first-order valence-corrected chi connectivity index (χ1v) is 6.30. The lowest BCUT2D eigenvalue weighted by Crippen LogP contribution is -2.40. The van der Waals surface area contributed by atoms with E-state index in [0.29, 0.717) is 6.42 Å². The Morgan fingerprint density at radius 2 is 2.00 bits per heavy atom. The van der Waals surface area contributed by atoms with Gasteiger partial charge in [-0.1, -0.05) is 20.8 Å². The minimum Gasteiger partial charge on any atom is -0.328 e. The average Bonchev–Trinajstić information content (AvgIpc) is 2.65. The highest BCUT2D eigenvalue weighted by molar-refractivity contribution is 7.12. The third-order valence-corrected chi connectivity index (χ3v) is 4.14. The van der Waals surface area contributed by atoms with Gasteiger partial charge in [-0.05, 0) is 24.5 Å². The maximum absolute atomic E-state index is 14.3. The first kappa shape index (κ1) is 12.7. The summed E-state index contributed by atoms with van der Waals surface area (Å²) in [6.45, 7) is 6.00. The van der Waals surface area contributed by atoms with Crippen LogP contribution in [-0.4, -0.2) is 12.2 Å². The number of thiophene rings is 1. The van der Waals surface area contributed by atoms with E-state index in [4.69, 9.17) is 5.73 Å². The summed E-state index contributed by atoms with van der Waals surface area (Å²) in [6.07, 6.45) is 1.47. The fourth-order valence-corrected chi connectivity index (χ4v) is 2.57. The minimum absolute atomic E-state index is 0.0327. The molecule has 1 unspecified atom stereocenters. The van der Waals surface area contributed by atoms with E-state index in [9.17, 15) is 4.39 Å². The molecule has 1 nitrogen and oxygen atoms in total. The first-order valence-electron chi connectivity index (χ1n) is 5.48. The van der Waals surface area contributed by atoms with Gasteiger partial charge in [0, 0.05) is 22.7 Å². The predicted molar refractivity (Wildman–Crippen MR) is 65.1 cm³/mol. The van der Waals surface area contributed by atoms with Gasteiger partial charge in [0.25, 0.3) is 0 Å². The number of nitrogens with two attached hydrogens (primary N) is 1. The Morgan fingerprint density at radius 3 is 2.40 bits per heavy atom. The summed E-state index contributed by atoms with van der Waals surface area (Å²) in [5, 5.41) is 0. The van der Waals surface area contributed by atoms with E-state index in [1.165, 1.54) is 4.88 Å². The number of aryl methyl sites for hydroxylation is 1. The third kappa shape index (κ3) is 3.02. The summed E-state index contributed by atoms with van der Waals surface area (Å²) < 4.78 is 14.3. The van der Waals surface area contributed by atoms with Crippen LogP contribution in [0, 0.1) is 5.92 Å². The molecular formula is C12H20FNS. The van der Waals surface area contributed by atoms with Crippen molar-refractivity contribution in [3.63, 3.8) is 0 Å². The standard InChI is InChI=1S/C12H20FNS/c1-4-10-5-6-11(15-10)7-12(13,8-14)9(2)3/h5-6,9H,4,7-8,14H2,1-3H3. The summed E-state index contributed by atoms with van der Waals surface area (Å²) in [4.78, 5) is 2.42. The SMILES string of the molecule is CCc1ccc(CC(F)(CN)C(C)C)s1. The number of alkyl halides is 1. The van der Waals surface area contributed by atoms with E-state index in [0.717, 1.165) is 11.3 Å². The molecule has 0 saturated heterocycles. The van der Waals surface area contributed by atoms with Gasteiger partial charge in [-0.25, -0.2) is 4.39 Å². The van der Waals surface area contributed by atoms with E-state index in [1.807, 2.05) is 19.9 Å². The zero-order valence-electron chi connectivity index (χ0n) is 9.72. The highest BCUT2D eigenvalue weighted by atomic mass is 32.1. The second-order valence-corrected chi connectivity index (χ2v) is 5.54. The average molecular weight is 229 g/mol. The molecule has 1 aromatic rings. The van der Waals surface area contributed by atoms with E-state index in [2.05, 4.69) is 13.0 Å². The monoisotopic (exact) mass is 229 g/mol. The summed E-state index contributed by atoms with van der Waals surface area (Å²) in [7, 11) is 0. The van der Waals surface area contributed by atoms with Gasteiger partial charge in [-0.2, -0.15) is 0 Å². The van der Waals surface area contributed by atoms with Crippen molar-refractivity contribution in [3.8, 4) is 0 Å². The summed E-state index contributed by atoms with van der Waals surface area (Å²) in [5.41, 5.74) is 4.27. The summed E-state index contributed by atoms with van der Waals surface area (Å²) in [5.74, 6) is -0.0327. The normalized spacial score (nSPS) is 15.6. The Balaban J connectivity index is 2.74. The molecule has 0 bridgehead atoms. The van der Waals surface area contributed by atoms with Crippen LogP contribution in [-0.2, 0) is 12.8 Å². The van der Waals surface area contributed by atoms with Crippen LogP contribution in [0.1, 0.15) is 30.5 Å². The Kier molecular flexibility index (Phi) is 4.29. The van der Waals surface area contributed by atoms with Crippen molar-refractivity contribution in [1.82, 2.24) is 0 Å². The molecule has 0 aliphatic rings. The topological polar surface area (TPSA) is 26.0 Å². The van der Waals surface area contributed by atoms with Gasteiger partial charge >= 0.3 is 0 Å². The molecule has 0 fully saturated rings. The zero-order chi connectivity index (χ0) is 11.5. The molecule has 86 valence electrons. The third-order valence-electron chi connectivity index (χ3n) is 2.91. The number of hydrogen-bond donors (Lipinski definition) is 1. The molecule has 1 aromatic heterocycles. The zero-order valence-corrected chi connectivity index (χ0v) is 10.5. The van der Waals surface area contributed by atoms with Gasteiger partial charge in [0.2, 0.25) is 0 Å². The molecule has 0 spiro atoms. The molecule has 0 radical (unpaired) electrons. The number of hydrogen-bond acceptors (Lipinski definition) is 2. The van der Waals surface area contributed by atoms with Crippen LogP contribution >= 0.6 is 11.3 Å². The van der Waals surface area contributed by atoms with Gasteiger partial charge in [-0.3, -0.25) is 0 Å². The van der Waals surface area contributed by atoms with E-state index in [-0.39, 0.29) is 12.5 Å². The van der Waals surface area contributed by atoms with Crippen LogP contribution in [0.2, 0.25) is 0 Å². The Bertz CT molecular complexity index is 308. The molecule has 0 aliphatic carbocycles. The van der Waals surface area contributed by atoms with Crippen molar-refractivity contribution in [2.24, 2.45) is 11.7 Å². The Morgan fingerprint density at radius 1 is 1.40 bits per heavy atom. The van der Waals surface area contributed by atoms with Crippen molar-refractivity contribution in [3.05, 3.63) is 21.9 Å². The molecule has 1 rings (SSSR count). The molecule has 0 amide bonds. The molecule has 0 aliphatic heterocycles. The predicted octanol–water partition coefficient (Wildman–Crippen LogP) is 3.18. The largest absolute Gasteiger partial charge is 0.328 e. The van der Waals surface area contributed by atoms with Crippen molar-refractivity contribution in [2.75, 3.05) is 6.54 Å². The van der Waals surface area contributed by atoms with E-state index >= 15 is 0 Å². The molecule has 15 heavy (non-hydrogen) atoms. The lowest BCUT2D eigenvalue weighted by Gasteiger charge is -2.27. The maximum Gasteiger partial charge on any atom is 0.130 e. The van der Waals surface area contributed by atoms with Crippen molar-refractivity contribution >= 4 is 11.3 Å². The van der Waals surface area contributed by atoms with E-state index in [1.54, 1.807) is 11.3 Å². The highest BCUT2D eigenvalue weighted by Crippen LogP contribution is 2.29.